The van der Waals surface area contributed by atoms with E-state index in [2.05, 4.69) is 11.4 Å². The Labute approximate surface area is 238 Å². The number of pyridine rings is 1. The van der Waals surface area contributed by atoms with E-state index in [1.54, 1.807) is 36.4 Å². The highest BCUT2D eigenvalue weighted by Gasteiger charge is 2.31. The number of rotatable bonds is 8. The summed E-state index contributed by atoms with van der Waals surface area (Å²) in [5.74, 6) is 1.02. The number of nitrogens with one attached hydrogen (secondary N) is 1. The van der Waals surface area contributed by atoms with Crippen LogP contribution in [-0.2, 0) is 16.6 Å². The van der Waals surface area contributed by atoms with Crippen molar-refractivity contribution in [3.8, 4) is 6.07 Å². The molecule has 10 nitrogen and oxygen atoms in total. The molecule has 1 aliphatic rings. The van der Waals surface area contributed by atoms with Crippen molar-refractivity contribution in [2.75, 3.05) is 69.1 Å². The van der Waals surface area contributed by atoms with Gasteiger partial charge in [-0.1, -0.05) is 11.6 Å². The number of sulfonamides is 1. The van der Waals surface area contributed by atoms with Crippen molar-refractivity contribution in [1.29, 1.82) is 5.26 Å². The number of aromatic nitrogens is 1. The number of amides is 1. The van der Waals surface area contributed by atoms with Gasteiger partial charge >= 0.3 is 0 Å². The molecule has 1 fully saturated rings. The predicted molar refractivity (Wildman–Crippen MR) is 156 cm³/mol. The first-order valence-corrected chi connectivity index (χ1v) is 14.8. The van der Waals surface area contributed by atoms with Crippen molar-refractivity contribution in [2.45, 2.75) is 10.8 Å². The van der Waals surface area contributed by atoms with E-state index in [1.165, 1.54) is 4.31 Å². The van der Waals surface area contributed by atoms with Gasteiger partial charge in [-0.2, -0.15) is 9.57 Å². The quantitative estimate of drug-likeness (QED) is 0.427. The van der Waals surface area contributed by atoms with E-state index in [0.717, 1.165) is 21.9 Å². The van der Waals surface area contributed by atoms with Gasteiger partial charge in [-0.25, -0.2) is 13.4 Å². The second-order valence-corrected chi connectivity index (χ2v) is 13.2. The molecule has 0 aliphatic carbocycles. The Kier molecular flexibility index (Phi) is 8.66. The van der Waals surface area contributed by atoms with E-state index in [0.29, 0.717) is 54.0 Å². The van der Waals surface area contributed by atoms with E-state index in [4.69, 9.17) is 16.6 Å². The Morgan fingerprint density at radius 3 is 2.33 bits per heavy atom. The zero-order valence-corrected chi connectivity index (χ0v) is 24.6. The van der Waals surface area contributed by atoms with Gasteiger partial charge in [0.25, 0.3) is 15.9 Å². The Bertz CT molecular complexity index is 1460. The van der Waals surface area contributed by atoms with E-state index in [9.17, 15) is 18.5 Å². The summed E-state index contributed by atoms with van der Waals surface area (Å²) < 4.78 is 28.4. The maximum absolute atomic E-state index is 13.4. The fraction of sp³-hybridized carbons (Fsp3) is 0.346. The van der Waals surface area contributed by atoms with Crippen molar-refractivity contribution in [1.82, 2.24) is 14.6 Å². The first-order chi connectivity index (χ1) is 18.5. The fourth-order valence-electron chi connectivity index (χ4n) is 4.20. The lowest BCUT2D eigenvalue weighted by atomic mass is 10.2. The smallest absolute Gasteiger partial charge is 0.252 e. The van der Waals surface area contributed by atoms with Crippen LogP contribution >= 0.6 is 22.9 Å². The number of thiophene rings is 1. The number of carbonyl (C=O) groups excluding carboxylic acids is 1. The zero-order valence-electron chi connectivity index (χ0n) is 22.2. The summed E-state index contributed by atoms with van der Waals surface area (Å²) in [5.41, 5.74) is 1.73. The van der Waals surface area contributed by atoms with Gasteiger partial charge in [-0.3, -0.25) is 4.79 Å². The summed E-state index contributed by atoms with van der Waals surface area (Å²) in [6.07, 6.45) is 0. The molecule has 4 rings (SSSR count). The van der Waals surface area contributed by atoms with Gasteiger partial charge in [0.05, 0.1) is 12.2 Å². The molecule has 0 saturated carbocycles. The van der Waals surface area contributed by atoms with Crippen molar-refractivity contribution in [3.05, 3.63) is 63.5 Å². The molecule has 1 amide bonds. The highest BCUT2D eigenvalue weighted by molar-refractivity contribution is 7.91. The summed E-state index contributed by atoms with van der Waals surface area (Å²) in [4.78, 5) is 23.6. The third kappa shape index (κ3) is 6.28. The van der Waals surface area contributed by atoms with Crippen molar-refractivity contribution in [2.24, 2.45) is 0 Å². The van der Waals surface area contributed by atoms with Gasteiger partial charge < -0.3 is 20.0 Å². The van der Waals surface area contributed by atoms with Crippen LogP contribution in [0.5, 0.6) is 0 Å². The Balaban J connectivity index is 1.42. The number of anilines is 3. The molecular formula is C26H30ClN7O3S2. The predicted octanol–water partition coefficient (Wildman–Crippen LogP) is 3.24. The van der Waals surface area contributed by atoms with Crippen molar-refractivity contribution >= 4 is 56.2 Å². The minimum absolute atomic E-state index is 0.224. The van der Waals surface area contributed by atoms with Gasteiger partial charge in [0.1, 0.15) is 21.7 Å². The largest absolute Gasteiger partial charge is 0.376 e. The first-order valence-electron chi connectivity index (χ1n) is 12.2. The number of nitrogens with zero attached hydrogens (tertiary/aromatic N) is 6. The molecular weight excluding hydrogens is 558 g/mol. The van der Waals surface area contributed by atoms with E-state index in [-0.39, 0.29) is 16.7 Å². The van der Waals surface area contributed by atoms with Gasteiger partial charge in [-0.15, -0.1) is 11.3 Å². The zero-order chi connectivity index (χ0) is 28.3. The SMILES string of the molecule is CN(C)c1cc(N2CCN(S(=O)(=O)c3ccc(CNC(=O)c4ccc(Cl)cc4)s3)CC2)nc(N(C)C)c1C#N. The number of benzene rings is 1. The van der Waals surface area contributed by atoms with Crippen LogP contribution in [0.4, 0.5) is 17.3 Å². The number of nitriles is 1. The standard InChI is InChI=1S/C26H30ClN7O3S2/c1-31(2)22-15-23(30-25(32(3)4)21(22)16-28)33-11-13-34(14-12-33)39(36,37)24-10-9-20(38-24)17-29-26(35)18-5-7-19(27)8-6-18/h5-10,15H,11-14,17H2,1-4H3,(H,29,35). The molecule has 3 heterocycles. The van der Waals surface area contributed by atoms with Gasteiger partial charge in [0.2, 0.25) is 0 Å². The topological polar surface area (TPSA) is 113 Å². The number of piperazine rings is 1. The molecule has 39 heavy (non-hydrogen) atoms. The lowest BCUT2D eigenvalue weighted by Crippen LogP contribution is -2.48. The minimum Gasteiger partial charge on any atom is -0.376 e. The first kappa shape index (κ1) is 28.6. The third-order valence-corrected chi connectivity index (χ3v) is 10.0. The maximum atomic E-state index is 13.4. The van der Waals surface area contributed by atoms with Crippen LogP contribution < -0.4 is 20.0 Å². The normalized spacial score (nSPS) is 14.1. The fourth-order valence-corrected chi connectivity index (χ4v) is 7.20. The summed E-state index contributed by atoms with van der Waals surface area (Å²) in [5, 5.41) is 13.1. The Morgan fingerprint density at radius 2 is 1.74 bits per heavy atom. The summed E-state index contributed by atoms with van der Waals surface area (Å²) >= 11 is 7.03. The van der Waals surface area contributed by atoms with Gasteiger partial charge in [-0.05, 0) is 36.4 Å². The molecule has 1 aromatic carbocycles. The van der Waals surface area contributed by atoms with Crippen molar-refractivity contribution < 1.29 is 13.2 Å². The summed E-state index contributed by atoms with van der Waals surface area (Å²) in [6.45, 7) is 1.76. The van der Waals surface area contributed by atoms with Crippen LogP contribution in [0.3, 0.4) is 0 Å². The van der Waals surface area contributed by atoms with Crippen LogP contribution in [0.25, 0.3) is 0 Å². The number of halogens is 1. The molecule has 1 aliphatic heterocycles. The molecule has 0 bridgehead atoms. The second kappa shape index (κ2) is 11.8. The Morgan fingerprint density at radius 1 is 1.08 bits per heavy atom. The molecule has 13 heteroatoms. The lowest BCUT2D eigenvalue weighted by molar-refractivity contribution is 0.0951. The van der Waals surface area contributed by atoms with Crippen LogP contribution in [-0.4, -0.2) is 78.0 Å². The monoisotopic (exact) mass is 587 g/mol. The third-order valence-electron chi connectivity index (χ3n) is 6.31. The molecule has 0 radical (unpaired) electrons. The van der Waals surface area contributed by atoms with Crippen molar-refractivity contribution in [3.63, 3.8) is 0 Å². The molecule has 2 aromatic heterocycles. The van der Waals surface area contributed by atoms with Gasteiger partial charge in [0.15, 0.2) is 5.82 Å². The number of hydrogen-bond donors (Lipinski definition) is 1. The molecule has 0 atom stereocenters. The average Bonchev–Trinajstić information content (AvgIpc) is 3.41. The summed E-state index contributed by atoms with van der Waals surface area (Å²) in [6, 6.07) is 14.0. The highest BCUT2D eigenvalue weighted by Crippen LogP contribution is 2.32. The van der Waals surface area contributed by atoms with Crippen LogP contribution in [0.15, 0.2) is 46.7 Å². The number of carbonyl (C=O) groups is 1. The number of hydrogen-bond acceptors (Lipinski definition) is 9. The molecule has 206 valence electrons. The van der Waals surface area contributed by atoms with Gasteiger partial charge in [0, 0.05) is 75.9 Å². The average molecular weight is 588 g/mol. The summed E-state index contributed by atoms with van der Waals surface area (Å²) in [7, 11) is 3.76. The minimum atomic E-state index is -3.68. The van der Waals surface area contributed by atoms with Crippen LogP contribution in [0.2, 0.25) is 5.02 Å². The lowest BCUT2D eigenvalue weighted by Gasteiger charge is -2.35. The van der Waals surface area contributed by atoms with E-state index in [1.807, 2.05) is 49.0 Å². The molecule has 1 saturated heterocycles. The Hall–Kier alpha value is -3.37. The molecule has 0 unspecified atom stereocenters. The van der Waals surface area contributed by atoms with Crippen LogP contribution in [0, 0.1) is 11.3 Å². The molecule has 1 N–H and O–H groups in total. The van der Waals surface area contributed by atoms with E-state index >= 15 is 0 Å². The van der Waals surface area contributed by atoms with Crippen LogP contribution in [0.1, 0.15) is 20.8 Å². The van der Waals surface area contributed by atoms with E-state index < -0.39 is 10.0 Å². The molecule has 3 aromatic rings. The maximum Gasteiger partial charge on any atom is 0.252 e. The molecule has 0 spiro atoms. The highest BCUT2D eigenvalue weighted by atomic mass is 35.5. The second-order valence-electron chi connectivity index (χ2n) is 9.40.